The average molecular weight is 291 g/mol. The molecule has 1 unspecified atom stereocenters. The van der Waals surface area contributed by atoms with Crippen LogP contribution in [0.15, 0.2) is 12.1 Å². The number of carbonyl (C=O) groups is 1. The second kappa shape index (κ2) is 6.94. The molecule has 4 nitrogen and oxygen atoms in total. The molecule has 116 valence electrons. The molecule has 1 atom stereocenters. The van der Waals surface area contributed by atoms with Crippen LogP contribution in [0.4, 0.5) is 0 Å². The van der Waals surface area contributed by atoms with Crippen LogP contribution in [-0.2, 0) is 16.0 Å². The third-order valence-electron chi connectivity index (χ3n) is 4.05. The minimum atomic E-state index is -0.170. The molecule has 0 aromatic heterocycles. The molecule has 4 heteroatoms. The number of benzene rings is 1. The lowest BCUT2D eigenvalue weighted by Crippen LogP contribution is -2.35. The molecule has 1 aliphatic rings. The van der Waals surface area contributed by atoms with Crippen LogP contribution in [0.3, 0.4) is 0 Å². The molecule has 0 bridgehead atoms. The van der Waals surface area contributed by atoms with Crippen molar-refractivity contribution in [3.63, 3.8) is 0 Å². The van der Waals surface area contributed by atoms with E-state index >= 15 is 0 Å². The van der Waals surface area contributed by atoms with Crippen molar-refractivity contribution in [1.29, 1.82) is 0 Å². The maximum atomic E-state index is 11.6. The first-order valence-electron chi connectivity index (χ1n) is 7.50. The van der Waals surface area contributed by atoms with E-state index in [4.69, 9.17) is 9.47 Å². The molecule has 0 amide bonds. The van der Waals surface area contributed by atoms with Gasteiger partial charge >= 0.3 is 5.97 Å². The summed E-state index contributed by atoms with van der Waals surface area (Å²) in [4.78, 5) is 11.6. The molecule has 1 aliphatic carbocycles. The van der Waals surface area contributed by atoms with Gasteiger partial charge in [-0.3, -0.25) is 4.79 Å². The average Bonchev–Trinajstić information content (AvgIpc) is 3.26. The van der Waals surface area contributed by atoms with Crippen molar-refractivity contribution in [2.45, 2.75) is 51.6 Å². The Morgan fingerprint density at radius 2 is 1.95 bits per heavy atom. The third kappa shape index (κ3) is 4.46. The largest absolute Gasteiger partial charge is 0.496 e. The normalized spacial score (nSPS) is 15.6. The van der Waals surface area contributed by atoms with Gasteiger partial charge in [-0.15, -0.1) is 0 Å². The van der Waals surface area contributed by atoms with Crippen molar-refractivity contribution < 1.29 is 14.3 Å². The summed E-state index contributed by atoms with van der Waals surface area (Å²) < 4.78 is 10.3. The SMILES string of the molecule is COC(=O)CC(Cc1cc(C)c(C)cc1OC)NC1CC1. The van der Waals surface area contributed by atoms with Crippen LogP contribution in [-0.4, -0.2) is 32.3 Å². The third-order valence-corrected chi connectivity index (χ3v) is 4.05. The fourth-order valence-corrected chi connectivity index (χ4v) is 2.52. The van der Waals surface area contributed by atoms with E-state index in [1.54, 1.807) is 7.11 Å². The number of esters is 1. The fourth-order valence-electron chi connectivity index (χ4n) is 2.52. The Balaban J connectivity index is 2.14. The second-order valence-electron chi connectivity index (χ2n) is 5.87. The Labute approximate surface area is 126 Å². The van der Waals surface area contributed by atoms with E-state index in [9.17, 15) is 4.79 Å². The van der Waals surface area contributed by atoms with Gasteiger partial charge in [-0.05, 0) is 55.9 Å². The van der Waals surface area contributed by atoms with E-state index in [-0.39, 0.29) is 12.0 Å². The molecule has 0 spiro atoms. The zero-order valence-corrected chi connectivity index (χ0v) is 13.4. The number of carbonyl (C=O) groups excluding carboxylic acids is 1. The molecular formula is C17H25NO3. The van der Waals surface area contributed by atoms with E-state index < -0.39 is 0 Å². The van der Waals surface area contributed by atoms with Crippen LogP contribution in [0, 0.1) is 13.8 Å². The van der Waals surface area contributed by atoms with Gasteiger partial charge in [0.2, 0.25) is 0 Å². The first-order valence-corrected chi connectivity index (χ1v) is 7.50. The zero-order valence-electron chi connectivity index (χ0n) is 13.4. The minimum absolute atomic E-state index is 0.0981. The molecule has 1 fully saturated rings. The van der Waals surface area contributed by atoms with E-state index in [1.807, 2.05) is 0 Å². The topological polar surface area (TPSA) is 47.6 Å². The summed E-state index contributed by atoms with van der Waals surface area (Å²) in [5.41, 5.74) is 3.60. The van der Waals surface area contributed by atoms with Gasteiger partial charge in [-0.2, -0.15) is 0 Å². The van der Waals surface area contributed by atoms with Crippen LogP contribution in [0.2, 0.25) is 0 Å². The standard InChI is InChI=1S/C17H25NO3/c1-11-7-13(16(20-3)8-12(11)2)9-15(10-17(19)21-4)18-14-5-6-14/h7-8,14-15,18H,5-6,9-10H2,1-4H3. The summed E-state index contributed by atoms with van der Waals surface area (Å²) in [5, 5.41) is 3.53. The van der Waals surface area contributed by atoms with E-state index in [0.717, 1.165) is 17.7 Å². The van der Waals surface area contributed by atoms with E-state index in [0.29, 0.717) is 12.5 Å². The maximum Gasteiger partial charge on any atom is 0.307 e. The molecule has 2 rings (SSSR count). The smallest absolute Gasteiger partial charge is 0.307 e. The van der Waals surface area contributed by atoms with Crippen molar-refractivity contribution >= 4 is 5.97 Å². The highest BCUT2D eigenvalue weighted by Crippen LogP contribution is 2.26. The number of rotatable bonds is 7. The lowest BCUT2D eigenvalue weighted by atomic mass is 9.98. The van der Waals surface area contributed by atoms with Crippen LogP contribution < -0.4 is 10.1 Å². The Kier molecular flexibility index (Phi) is 5.23. The molecule has 21 heavy (non-hydrogen) atoms. The quantitative estimate of drug-likeness (QED) is 0.784. The van der Waals surface area contributed by atoms with Crippen molar-refractivity contribution in [3.8, 4) is 5.75 Å². The van der Waals surface area contributed by atoms with Crippen molar-refractivity contribution in [2.24, 2.45) is 0 Å². The van der Waals surface area contributed by atoms with Gasteiger partial charge in [0.05, 0.1) is 20.6 Å². The minimum Gasteiger partial charge on any atom is -0.496 e. The number of nitrogens with one attached hydrogen (secondary N) is 1. The summed E-state index contributed by atoms with van der Waals surface area (Å²) in [7, 11) is 3.13. The van der Waals surface area contributed by atoms with E-state index in [2.05, 4.69) is 31.3 Å². The first-order chi connectivity index (χ1) is 10.0. The van der Waals surface area contributed by atoms with Gasteiger partial charge in [0.1, 0.15) is 5.75 Å². The first kappa shape index (κ1) is 15.8. The lowest BCUT2D eigenvalue weighted by Gasteiger charge is -2.20. The molecule has 0 aliphatic heterocycles. The number of aryl methyl sites for hydroxylation is 2. The van der Waals surface area contributed by atoms with Crippen molar-refractivity contribution in [3.05, 3.63) is 28.8 Å². The molecular weight excluding hydrogens is 266 g/mol. The number of ether oxygens (including phenoxy) is 2. The Bertz CT molecular complexity index is 509. The van der Waals surface area contributed by atoms with Gasteiger partial charge in [0, 0.05) is 12.1 Å². The zero-order chi connectivity index (χ0) is 15.4. The monoisotopic (exact) mass is 291 g/mol. The van der Waals surface area contributed by atoms with Gasteiger partial charge in [-0.25, -0.2) is 0 Å². The Morgan fingerprint density at radius 1 is 1.29 bits per heavy atom. The van der Waals surface area contributed by atoms with Gasteiger partial charge in [0.25, 0.3) is 0 Å². The summed E-state index contributed by atoms with van der Waals surface area (Å²) in [6.45, 7) is 4.18. The predicted octanol–water partition coefficient (Wildman–Crippen LogP) is 2.54. The molecule has 0 heterocycles. The molecule has 0 radical (unpaired) electrons. The van der Waals surface area contributed by atoms with Crippen molar-refractivity contribution in [1.82, 2.24) is 5.32 Å². The number of methoxy groups -OCH3 is 2. The summed E-state index contributed by atoms with van der Waals surface area (Å²) in [5.74, 6) is 0.724. The van der Waals surface area contributed by atoms with Crippen LogP contribution in [0.25, 0.3) is 0 Å². The highest BCUT2D eigenvalue weighted by molar-refractivity contribution is 5.70. The molecule has 0 saturated heterocycles. The Hall–Kier alpha value is -1.55. The number of hydrogen-bond donors (Lipinski definition) is 1. The van der Waals surface area contributed by atoms with Crippen LogP contribution >= 0.6 is 0 Å². The molecule has 1 aromatic rings. The van der Waals surface area contributed by atoms with Gasteiger partial charge < -0.3 is 14.8 Å². The summed E-state index contributed by atoms with van der Waals surface area (Å²) in [6, 6.07) is 4.88. The van der Waals surface area contributed by atoms with Crippen LogP contribution in [0.5, 0.6) is 5.75 Å². The summed E-state index contributed by atoms with van der Waals surface area (Å²) in [6.07, 6.45) is 3.56. The number of hydrogen-bond acceptors (Lipinski definition) is 4. The fraction of sp³-hybridized carbons (Fsp3) is 0.588. The summed E-state index contributed by atoms with van der Waals surface area (Å²) >= 11 is 0. The molecule has 1 N–H and O–H groups in total. The van der Waals surface area contributed by atoms with Crippen molar-refractivity contribution in [2.75, 3.05) is 14.2 Å². The highest BCUT2D eigenvalue weighted by atomic mass is 16.5. The molecule has 1 aromatic carbocycles. The highest BCUT2D eigenvalue weighted by Gasteiger charge is 2.27. The van der Waals surface area contributed by atoms with Crippen LogP contribution in [0.1, 0.15) is 36.0 Å². The second-order valence-corrected chi connectivity index (χ2v) is 5.87. The van der Waals surface area contributed by atoms with Gasteiger partial charge in [-0.1, -0.05) is 6.07 Å². The van der Waals surface area contributed by atoms with Gasteiger partial charge in [0.15, 0.2) is 0 Å². The van der Waals surface area contributed by atoms with E-state index in [1.165, 1.54) is 31.1 Å². The predicted molar refractivity (Wildman–Crippen MR) is 82.8 cm³/mol. The maximum absolute atomic E-state index is 11.6. The molecule has 1 saturated carbocycles. The Morgan fingerprint density at radius 3 is 2.52 bits per heavy atom. The lowest BCUT2D eigenvalue weighted by molar-refractivity contribution is -0.141.